The summed E-state index contributed by atoms with van der Waals surface area (Å²) in [6, 6.07) is 13.7. The molecule has 5 nitrogen and oxygen atoms in total. The van der Waals surface area contributed by atoms with Gasteiger partial charge in [0.25, 0.3) is 0 Å². The molecule has 1 unspecified atom stereocenters. The first kappa shape index (κ1) is 20.9. The molecule has 160 valence electrons. The molecule has 1 aliphatic rings. The van der Waals surface area contributed by atoms with Crippen molar-refractivity contribution in [2.45, 2.75) is 58.5 Å². The number of nitrogens with zero attached hydrogens (tertiary/aromatic N) is 1. The average Bonchev–Trinajstić information content (AvgIpc) is 3.19. The number of benzene rings is 1. The van der Waals surface area contributed by atoms with E-state index in [1.165, 1.54) is 5.56 Å². The van der Waals surface area contributed by atoms with E-state index in [0.717, 1.165) is 79.2 Å². The van der Waals surface area contributed by atoms with E-state index < -0.39 is 0 Å². The maximum absolute atomic E-state index is 5.93. The first-order valence-corrected chi connectivity index (χ1v) is 11.2. The lowest BCUT2D eigenvalue weighted by Gasteiger charge is -2.28. The molecule has 0 spiro atoms. The molecule has 1 atom stereocenters. The van der Waals surface area contributed by atoms with Crippen molar-refractivity contribution in [1.82, 2.24) is 10.3 Å². The summed E-state index contributed by atoms with van der Waals surface area (Å²) in [5.41, 5.74) is 3.26. The highest BCUT2D eigenvalue weighted by atomic mass is 16.5. The van der Waals surface area contributed by atoms with Gasteiger partial charge in [0.2, 0.25) is 0 Å². The Morgan fingerprint density at radius 2 is 1.93 bits per heavy atom. The molecule has 5 heteroatoms. The summed E-state index contributed by atoms with van der Waals surface area (Å²) in [6.45, 7) is 8.95. The van der Waals surface area contributed by atoms with Gasteiger partial charge in [-0.15, -0.1) is 0 Å². The van der Waals surface area contributed by atoms with E-state index in [1.807, 2.05) is 19.1 Å². The van der Waals surface area contributed by atoms with E-state index in [4.69, 9.17) is 14.1 Å². The number of aryl methyl sites for hydroxylation is 2. The second kappa shape index (κ2) is 9.63. The van der Waals surface area contributed by atoms with Gasteiger partial charge in [-0.05, 0) is 69.9 Å². The third-order valence-electron chi connectivity index (χ3n) is 5.95. The van der Waals surface area contributed by atoms with Crippen LogP contribution in [0.15, 0.2) is 40.8 Å². The third kappa shape index (κ3) is 5.02. The number of aromatic nitrogens is 1. The molecule has 2 N–H and O–H groups in total. The molecule has 0 saturated carbocycles. The molecular formula is C25H33N3O2. The van der Waals surface area contributed by atoms with E-state index in [-0.39, 0.29) is 0 Å². The molecule has 1 aromatic carbocycles. The van der Waals surface area contributed by atoms with Crippen molar-refractivity contribution in [1.29, 1.82) is 0 Å². The fourth-order valence-corrected chi connectivity index (χ4v) is 4.17. The highest BCUT2D eigenvalue weighted by molar-refractivity contribution is 5.88. The van der Waals surface area contributed by atoms with Gasteiger partial charge in [0.05, 0.1) is 11.1 Å². The molecule has 3 heterocycles. The van der Waals surface area contributed by atoms with Crippen molar-refractivity contribution >= 4 is 16.7 Å². The maximum Gasteiger partial charge on any atom is 0.137 e. The Labute approximate surface area is 179 Å². The summed E-state index contributed by atoms with van der Waals surface area (Å²) in [7, 11) is 0. The summed E-state index contributed by atoms with van der Waals surface area (Å²) in [4.78, 5) is 4.93. The first-order chi connectivity index (χ1) is 14.6. The molecule has 0 bridgehead atoms. The van der Waals surface area contributed by atoms with Gasteiger partial charge in [-0.3, -0.25) is 0 Å². The first-order valence-electron chi connectivity index (χ1n) is 11.2. The van der Waals surface area contributed by atoms with Crippen LogP contribution in [0.4, 0.5) is 5.82 Å². The Bertz CT molecular complexity index is 976. The fraction of sp³-hybridized carbons (Fsp3) is 0.480. The van der Waals surface area contributed by atoms with E-state index in [1.54, 1.807) is 0 Å². The van der Waals surface area contributed by atoms with Crippen molar-refractivity contribution in [3.63, 3.8) is 0 Å². The van der Waals surface area contributed by atoms with Crippen LogP contribution in [-0.4, -0.2) is 36.8 Å². The van der Waals surface area contributed by atoms with Crippen LogP contribution < -0.4 is 10.6 Å². The van der Waals surface area contributed by atoms with Crippen molar-refractivity contribution in [3.05, 3.63) is 47.7 Å². The molecule has 0 aliphatic carbocycles. The van der Waals surface area contributed by atoms with Gasteiger partial charge in [-0.2, -0.15) is 0 Å². The van der Waals surface area contributed by atoms with Crippen molar-refractivity contribution in [3.8, 4) is 11.3 Å². The summed E-state index contributed by atoms with van der Waals surface area (Å²) < 4.78 is 11.4. The van der Waals surface area contributed by atoms with Gasteiger partial charge in [-0.25, -0.2) is 4.98 Å². The van der Waals surface area contributed by atoms with Gasteiger partial charge >= 0.3 is 0 Å². The lowest BCUT2D eigenvalue weighted by atomic mass is 10.0. The molecule has 1 aliphatic heterocycles. The quantitative estimate of drug-likeness (QED) is 0.519. The standard InChI is InChI=1S/C25H33N3O2/c1-4-20(27-21-10-13-29-14-11-21)9-12-26-25-22(24-8-6-18(3)30-24)16-19-15-17(2)5-7-23(19)28-25/h5-8,15-16,20-21,27H,4,9-14H2,1-3H3,(H,26,28). The molecule has 0 amide bonds. The zero-order valence-electron chi connectivity index (χ0n) is 18.3. The Morgan fingerprint density at radius 3 is 2.67 bits per heavy atom. The number of rotatable bonds is 8. The Hall–Kier alpha value is -2.37. The van der Waals surface area contributed by atoms with Gasteiger partial charge in [0.1, 0.15) is 17.3 Å². The number of nitrogens with one attached hydrogen (secondary N) is 2. The van der Waals surface area contributed by atoms with Gasteiger partial charge < -0.3 is 19.8 Å². The molecule has 4 rings (SSSR count). The van der Waals surface area contributed by atoms with Gasteiger partial charge in [0.15, 0.2) is 0 Å². The minimum atomic E-state index is 0.498. The second-order valence-electron chi connectivity index (χ2n) is 8.36. The number of anilines is 1. The van der Waals surface area contributed by atoms with Crippen LogP contribution in [0.2, 0.25) is 0 Å². The Balaban J connectivity index is 1.50. The SMILES string of the molecule is CCC(CCNc1nc2ccc(C)cc2cc1-c1ccc(C)o1)NC1CCOCC1. The Morgan fingerprint density at radius 1 is 1.10 bits per heavy atom. The molecule has 3 aromatic rings. The van der Waals surface area contributed by atoms with Crippen LogP contribution in [0.5, 0.6) is 0 Å². The number of hydrogen-bond acceptors (Lipinski definition) is 5. The van der Waals surface area contributed by atoms with Crippen molar-refractivity contribution in [2.24, 2.45) is 0 Å². The van der Waals surface area contributed by atoms with E-state index in [9.17, 15) is 0 Å². The average molecular weight is 408 g/mol. The predicted octanol–water partition coefficient (Wildman–Crippen LogP) is 5.46. The number of furan rings is 1. The number of hydrogen-bond donors (Lipinski definition) is 2. The monoisotopic (exact) mass is 407 g/mol. The zero-order chi connectivity index (χ0) is 20.9. The highest BCUT2D eigenvalue weighted by Gasteiger charge is 2.18. The largest absolute Gasteiger partial charge is 0.461 e. The van der Waals surface area contributed by atoms with Crippen LogP contribution in [-0.2, 0) is 4.74 Å². The molecule has 0 radical (unpaired) electrons. The van der Waals surface area contributed by atoms with Crippen molar-refractivity contribution < 1.29 is 9.15 Å². The van der Waals surface area contributed by atoms with Crippen LogP contribution in [0.25, 0.3) is 22.2 Å². The molecular weight excluding hydrogens is 374 g/mol. The van der Waals surface area contributed by atoms with E-state index in [0.29, 0.717) is 12.1 Å². The molecule has 1 fully saturated rings. The zero-order valence-corrected chi connectivity index (χ0v) is 18.3. The fourth-order valence-electron chi connectivity index (χ4n) is 4.17. The van der Waals surface area contributed by atoms with Gasteiger partial charge in [0, 0.05) is 37.2 Å². The van der Waals surface area contributed by atoms with Crippen LogP contribution >= 0.6 is 0 Å². The predicted molar refractivity (Wildman–Crippen MR) is 123 cm³/mol. The lowest BCUT2D eigenvalue weighted by molar-refractivity contribution is 0.0745. The molecule has 30 heavy (non-hydrogen) atoms. The third-order valence-corrected chi connectivity index (χ3v) is 5.95. The normalized spacial score (nSPS) is 16.1. The maximum atomic E-state index is 5.93. The molecule has 2 aromatic heterocycles. The van der Waals surface area contributed by atoms with Crippen LogP contribution in [0.3, 0.4) is 0 Å². The summed E-state index contributed by atoms with van der Waals surface area (Å²) in [5, 5.41) is 8.55. The number of pyridine rings is 1. The minimum absolute atomic E-state index is 0.498. The Kier molecular flexibility index (Phi) is 6.70. The van der Waals surface area contributed by atoms with E-state index in [2.05, 4.69) is 48.7 Å². The van der Waals surface area contributed by atoms with Crippen LogP contribution in [0.1, 0.15) is 43.9 Å². The number of fused-ring (bicyclic) bond motifs is 1. The van der Waals surface area contributed by atoms with Crippen molar-refractivity contribution in [2.75, 3.05) is 25.1 Å². The van der Waals surface area contributed by atoms with Gasteiger partial charge in [-0.1, -0.05) is 18.6 Å². The summed E-state index contributed by atoms with van der Waals surface area (Å²) in [6.07, 6.45) is 4.39. The minimum Gasteiger partial charge on any atom is -0.461 e. The summed E-state index contributed by atoms with van der Waals surface area (Å²) in [5.74, 6) is 2.66. The van der Waals surface area contributed by atoms with E-state index >= 15 is 0 Å². The number of ether oxygens (including phenoxy) is 1. The second-order valence-corrected chi connectivity index (χ2v) is 8.36. The smallest absolute Gasteiger partial charge is 0.137 e. The summed E-state index contributed by atoms with van der Waals surface area (Å²) >= 11 is 0. The molecule has 1 saturated heterocycles. The highest BCUT2D eigenvalue weighted by Crippen LogP contribution is 2.32. The lowest BCUT2D eigenvalue weighted by Crippen LogP contribution is -2.42. The topological polar surface area (TPSA) is 59.3 Å². The van der Waals surface area contributed by atoms with Crippen LogP contribution in [0, 0.1) is 13.8 Å².